The molecule has 0 radical (unpaired) electrons. The van der Waals surface area contributed by atoms with Gasteiger partial charge in [-0.1, -0.05) is 13.8 Å². The third-order valence-electron chi connectivity index (χ3n) is 2.86. The zero-order chi connectivity index (χ0) is 13.9. The van der Waals surface area contributed by atoms with Gasteiger partial charge in [-0.25, -0.2) is 0 Å². The summed E-state index contributed by atoms with van der Waals surface area (Å²) in [6.45, 7) is 8.52. The zero-order valence-corrected chi connectivity index (χ0v) is 13.6. The molecule has 1 aromatic rings. The number of nitrogen functional groups attached to an aromatic ring is 1. The first kappa shape index (κ1) is 15.3. The quantitative estimate of drug-likeness (QED) is 0.819. The van der Waals surface area contributed by atoms with Crippen molar-refractivity contribution in [3.63, 3.8) is 0 Å². The van der Waals surface area contributed by atoms with Gasteiger partial charge >= 0.3 is 0 Å². The first-order valence-electron chi connectivity index (χ1n) is 6.15. The summed E-state index contributed by atoms with van der Waals surface area (Å²) in [4.78, 5) is 2.21. The Morgan fingerprint density at radius 3 is 2.50 bits per heavy atom. The second-order valence-corrected chi connectivity index (χ2v) is 6.80. The summed E-state index contributed by atoms with van der Waals surface area (Å²) in [7, 11) is 4.20. The highest BCUT2D eigenvalue weighted by Crippen LogP contribution is 2.29. The van der Waals surface area contributed by atoms with Gasteiger partial charge < -0.3 is 16.0 Å². The molecule has 3 N–H and O–H groups in total. The van der Waals surface area contributed by atoms with Crippen molar-refractivity contribution in [1.82, 2.24) is 4.90 Å². The molecular weight excluding hydrogens is 290 g/mol. The van der Waals surface area contributed by atoms with Gasteiger partial charge in [-0.2, -0.15) is 0 Å². The maximum Gasteiger partial charge on any atom is 0.0489 e. The number of hydrogen-bond acceptors (Lipinski definition) is 3. The lowest BCUT2D eigenvalue weighted by Crippen LogP contribution is -2.34. The van der Waals surface area contributed by atoms with E-state index in [-0.39, 0.29) is 5.41 Å². The molecule has 1 rings (SSSR count). The molecule has 0 aliphatic carbocycles. The fourth-order valence-electron chi connectivity index (χ4n) is 2.08. The maximum atomic E-state index is 5.87. The fraction of sp³-hybridized carbons (Fsp3) is 0.571. The van der Waals surface area contributed by atoms with Crippen molar-refractivity contribution in [3.05, 3.63) is 22.2 Å². The summed E-state index contributed by atoms with van der Waals surface area (Å²) in [5.74, 6) is 0. The number of nitrogens with two attached hydrogens (primary N) is 1. The number of nitrogens with zero attached hydrogens (tertiary/aromatic N) is 1. The smallest absolute Gasteiger partial charge is 0.0489 e. The van der Waals surface area contributed by atoms with E-state index >= 15 is 0 Å². The van der Waals surface area contributed by atoms with E-state index in [0.29, 0.717) is 0 Å². The van der Waals surface area contributed by atoms with Gasteiger partial charge in [0.2, 0.25) is 0 Å². The summed E-state index contributed by atoms with van der Waals surface area (Å²) in [6.07, 6.45) is 0. The molecule has 1 aromatic carbocycles. The van der Waals surface area contributed by atoms with E-state index in [9.17, 15) is 0 Å². The molecule has 0 atom stereocenters. The zero-order valence-electron chi connectivity index (χ0n) is 12.0. The fourth-order valence-corrected chi connectivity index (χ4v) is 2.58. The molecule has 0 fully saturated rings. The van der Waals surface area contributed by atoms with Crippen LogP contribution >= 0.6 is 15.9 Å². The van der Waals surface area contributed by atoms with E-state index in [1.165, 1.54) is 0 Å². The highest BCUT2D eigenvalue weighted by molar-refractivity contribution is 9.10. The molecule has 0 saturated carbocycles. The Hall–Kier alpha value is -0.740. The summed E-state index contributed by atoms with van der Waals surface area (Å²) in [5.41, 5.74) is 9.12. The number of halogens is 1. The molecule has 0 heterocycles. The van der Waals surface area contributed by atoms with Crippen molar-refractivity contribution in [2.24, 2.45) is 5.41 Å². The molecule has 102 valence electrons. The van der Waals surface area contributed by atoms with Crippen LogP contribution < -0.4 is 11.1 Å². The van der Waals surface area contributed by atoms with Crippen molar-refractivity contribution >= 4 is 27.3 Å². The Kier molecular flexibility index (Phi) is 5.05. The molecule has 0 spiro atoms. The van der Waals surface area contributed by atoms with E-state index in [2.05, 4.69) is 60.2 Å². The molecular formula is C14H24BrN3. The van der Waals surface area contributed by atoms with E-state index < -0.39 is 0 Å². The standard InChI is InChI=1S/C14H24BrN3/c1-10-6-13(11(15)7-12(10)16)17-8-14(2,3)9-18(4)5/h6-7,17H,8-9,16H2,1-5H3. The Morgan fingerprint density at radius 1 is 1.33 bits per heavy atom. The van der Waals surface area contributed by atoms with Crippen molar-refractivity contribution in [2.45, 2.75) is 20.8 Å². The average molecular weight is 314 g/mol. The molecule has 0 bridgehead atoms. The third-order valence-corrected chi connectivity index (χ3v) is 3.51. The van der Waals surface area contributed by atoms with Crippen LogP contribution in [0.25, 0.3) is 0 Å². The van der Waals surface area contributed by atoms with Gasteiger partial charge in [0.1, 0.15) is 0 Å². The molecule has 0 unspecified atom stereocenters. The Balaban J connectivity index is 2.72. The minimum absolute atomic E-state index is 0.220. The molecule has 0 aliphatic rings. The van der Waals surface area contributed by atoms with E-state index in [4.69, 9.17) is 5.73 Å². The maximum absolute atomic E-state index is 5.87. The second-order valence-electron chi connectivity index (χ2n) is 5.94. The van der Waals surface area contributed by atoms with Crippen LogP contribution in [0.3, 0.4) is 0 Å². The van der Waals surface area contributed by atoms with Gasteiger partial charge in [0.05, 0.1) is 0 Å². The topological polar surface area (TPSA) is 41.3 Å². The molecule has 3 nitrogen and oxygen atoms in total. The highest BCUT2D eigenvalue weighted by Gasteiger charge is 2.19. The summed E-state index contributed by atoms with van der Waals surface area (Å²) >= 11 is 3.55. The number of aryl methyl sites for hydroxylation is 1. The SMILES string of the molecule is Cc1cc(NCC(C)(C)CN(C)C)c(Br)cc1N. The predicted molar refractivity (Wildman–Crippen MR) is 84.1 cm³/mol. The minimum Gasteiger partial charge on any atom is -0.398 e. The van der Waals surface area contributed by atoms with Crippen LogP contribution in [0.15, 0.2) is 16.6 Å². The summed E-state index contributed by atoms with van der Waals surface area (Å²) in [5, 5.41) is 3.50. The lowest BCUT2D eigenvalue weighted by molar-refractivity contribution is 0.254. The van der Waals surface area contributed by atoms with Crippen molar-refractivity contribution in [1.29, 1.82) is 0 Å². The monoisotopic (exact) mass is 313 g/mol. The van der Waals surface area contributed by atoms with Crippen LogP contribution in [-0.4, -0.2) is 32.1 Å². The molecule has 18 heavy (non-hydrogen) atoms. The van der Waals surface area contributed by atoms with Crippen LogP contribution in [0.4, 0.5) is 11.4 Å². The van der Waals surface area contributed by atoms with Gasteiger partial charge in [0.25, 0.3) is 0 Å². The number of anilines is 2. The number of hydrogen-bond donors (Lipinski definition) is 2. The molecule has 0 aliphatic heterocycles. The normalized spacial score (nSPS) is 11.9. The highest BCUT2D eigenvalue weighted by atomic mass is 79.9. The first-order chi connectivity index (χ1) is 8.21. The average Bonchev–Trinajstić information content (AvgIpc) is 2.19. The summed E-state index contributed by atoms with van der Waals surface area (Å²) < 4.78 is 1.02. The van der Waals surface area contributed by atoms with Crippen molar-refractivity contribution in [2.75, 3.05) is 38.2 Å². The number of nitrogens with one attached hydrogen (secondary N) is 1. The Morgan fingerprint density at radius 2 is 1.94 bits per heavy atom. The van der Waals surface area contributed by atoms with Gasteiger partial charge in [0.15, 0.2) is 0 Å². The Bertz CT molecular complexity index is 414. The van der Waals surface area contributed by atoms with Crippen molar-refractivity contribution in [3.8, 4) is 0 Å². The van der Waals surface area contributed by atoms with E-state index in [0.717, 1.165) is 34.5 Å². The Labute approximate surface area is 119 Å². The molecule has 0 saturated heterocycles. The number of benzene rings is 1. The van der Waals surface area contributed by atoms with Crippen LogP contribution in [-0.2, 0) is 0 Å². The van der Waals surface area contributed by atoms with Gasteiger partial charge in [0, 0.05) is 28.9 Å². The lowest BCUT2D eigenvalue weighted by atomic mass is 9.93. The van der Waals surface area contributed by atoms with E-state index in [1.807, 2.05) is 13.0 Å². The van der Waals surface area contributed by atoms with Crippen LogP contribution in [0, 0.1) is 12.3 Å². The van der Waals surface area contributed by atoms with Crippen LogP contribution in [0.5, 0.6) is 0 Å². The lowest BCUT2D eigenvalue weighted by Gasteiger charge is -2.29. The van der Waals surface area contributed by atoms with Gasteiger partial charge in [-0.05, 0) is 60.1 Å². The predicted octanol–water partition coefficient (Wildman–Crippen LogP) is 3.34. The molecule has 0 aromatic heterocycles. The van der Waals surface area contributed by atoms with E-state index in [1.54, 1.807) is 0 Å². The van der Waals surface area contributed by atoms with Crippen molar-refractivity contribution < 1.29 is 0 Å². The number of rotatable bonds is 5. The molecule has 0 amide bonds. The van der Waals surface area contributed by atoms with Gasteiger partial charge in [-0.15, -0.1) is 0 Å². The second kappa shape index (κ2) is 5.93. The molecule has 4 heteroatoms. The van der Waals surface area contributed by atoms with Gasteiger partial charge in [-0.3, -0.25) is 0 Å². The largest absolute Gasteiger partial charge is 0.398 e. The minimum atomic E-state index is 0.220. The van der Waals surface area contributed by atoms with Crippen LogP contribution in [0.1, 0.15) is 19.4 Å². The first-order valence-corrected chi connectivity index (χ1v) is 6.95. The third kappa shape index (κ3) is 4.50. The van der Waals surface area contributed by atoms with Crippen LogP contribution in [0.2, 0.25) is 0 Å². The summed E-state index contributed by atoms with van der Waals surface area (Å²) in [6, 6.07) is 4.04.